The molecule has 4 N–H and O–H groups in total. The molecular weight excluding hydrogens is 298 g/mol. The molecule has 8 nitrogen and oxygen atoms in total. The highest BCUT2D eigenvalue weighted by Crippen LogP contribution is 2.30. The first-order chi connectivity index (χ1) is 11.1. The van der Waals surface area contributed by atoms with Crippen molar-refractivity contribution in [1.82, 2.24) is 15.2 Å². The van der Waals surface area contributed by atoms with Gasteiger partial charge in [-0.05, 0) is 17.7 Å². The first-order valence-electron chi connectivity index (χ1n) is 6.77. The van der Waals surface area contributed by atoms with Crippen LogP contribution in [0.1, 0.15) is 17.4 Å². The van der Waals surface area contributed by atoms with Crippen LogP contribution in [0.15, 0.2) is 48.5 Å². The summed E-state index contributed by atoms with van der Waals surface area (Å²) in [6.45, 7) is 0. The van der Waals surface area contributed by atoms with Crippen molar-refractivity contribution >= 4 is 5.69 Å². The Morgan fingerprint density at radius 2 is 1.96 bits per heavy atom. The number of nitro benzene ring substituents is 1. The molecule has 1 aromatic heterocycles. The number of aromatic hydroxyl groups is 1. The minimum atomic E-state index is -0.665. The standard InChI is InChI=1S/C15H13N5O3/c16-13(9-4-2-1-3-5-9)15-17-14(18-19-15)10-6-7-12(21)11(8-10)20(22)23/h1-8,13,21H,16H2,(H,17,18,19). The Hall–Kier alpha value is -3.26. The smallest absolute Gasteiger partial charge is 0.311 e. The maximum Gasteiger partial charge on any atom is 0.311 e. The topological polar surface area (TPSA) is 131 Å². The summed E-state index contributed by atoms with van der Waals surface area (Å²) in [6.07, 6.45) is 0. The second-order valence-corrected chi connectivity index (χ2v) is 4.89. The first kappa shape index (κ1) is 14.7. The molecule has 116 valence electrons. The van der Waals surface area contributed by atoms with Gasteiger partial charge in [0, 0.05) is 11.6 Å². The molecule has 0 saturated heterocycles. The van der Waals surface area contributed by atoms with Gasteiger partial charge in [-0.3, -0.25) is 15.2 Å². The van der Waals surface area contributed by atoms with Gasteiger partial charge in [0.1, 0.15) is 5.82 Å². The molecule has 0 aliphatic rings. The highest BCUT2D eigenvalue weighted by Gasteiger charge is 2.18. The predicted octanol–water partition coefficient (Wildman–Crippen LogP) is 2.13. The summed E-state index contributed by atoms with van der Waals surface area (Å²) in [7, 11) is 0. The quantitative estimate of drug-likeness (QED) is 0.499. The van der Waals surface area contributed by atoms with Gasteiger partial charge in [0.2, 0.25) is 0 Å². The summed E-state index contributed by atoms with van der Waals surface area (Å²) in [5, 5.41) is 27.2. The molecule has 0 fully saturated rings. The molecule has 23 heavy (non-hydrogen) atoms. The van der Waals surface area contributed by atoms with Crippen molar-refractivity contribution < 1.29 is 10.0 Å². The molecule has 0 spiro atoms. The molecule has 0 saturated carbocycles. The molecular formula is C15H13N5O3. The van der Waals surface area contributed by atoms with Crippen molar-refractivity contribution in [1.29, 1.82) is 0 Å². The molecule has 0 bridgehead atoms. The molecule has 3 aromatic rings. The Morgan fingerprint density at radius 3 is 2.65 bits per heavy atom. The van der Waals surface area contributed by atoms with E-state index in [1.807, 2.05) is 30.3 Å². The number of nitrogens with one attached hydrogen (secondary N) is 1. The summed E-state index contributed by atoms with van der Waals surface area (Å²) in [4.78, 5) is 14.5. The van der Waals surface area contributed by atoms with Crippen LogP contribution in [0.3, 0.4) is 0 Å². The first-order valence-corrected chi connectivity index (χ1v) is 6.77. The number of nitrogens with zero attached hydrogens (tertiary/aromatic N) is 3. The molecule has 1 unspecified atom stereocenters. The lowest BCUT2D eigenvalue weighted by Gasteiger charge is -2.07. The number of hydrogen-bond donors (Lipinski definition) is 3. The van der Waals surface area contributed by atoms with E-state index in [1.165, 1.54) is 18.2 Å². The van der Waals surface area contributed by atoms with Gasteiger partial charge in [0.05, 0.1) is 11.0 Å². The minimum absolute atomic E-state index is 0.273. The molecule has 0 aliphatic heterocycles. The van der Waals surface area contributed by atoms with E-state index in [0.29, 0.717) is 11.4 Å². The number of aromatic amines is 1. The summed E-state index contributed by atoms with van der Waals surface area (Å²) >= 11 is 0. The third-order valence-electron chi connectivity index (χ3n) is 3.39. The normalized spacial score (nSPS) is 12.0. The van der Waals surface area contributed by atoms with E-state index >= 15 is 0 Å². The summed E-state index contributed by atoms with van der Waals surface area (Å²) in [6, 6.07) is 12.9. The second kappa shape index (κ2) is 5.85. The predicted molar refractivity (Wildman–Crippen MR) is 82.6 cm³/mol. The molecule has 3 rings (SSSR count). The lowest BCUT2D eigenvalue weighted by atomic mass is 10.1. The largest absolute Gasteiger partial charge is 0.502 e. The van der Waals surface area contributed by atoms with E-state index in [4.69, 9.17) is 5.73 Å². The fourth-order valence-electron chi connectivity index (χ4n) is 2.17. The average molecular weight is 311 g/mol. The second-order valence-electron chi connectivity index (χ2n) is 4.89. The van der Waals surface area contributed by atoms with Crippen LogP contribution < -0.4 is 5.73 Å². The van der Waals surface area contributed by atoms with E-state index < -0.39 is 22.4 Å². The number of benzene rings is 2. The van der Waals surface area contributed by atoms with Crippen LogP contribution in [-0.2, 0) is 0 Å². The summed E-state index contributed by atoms with van der Waals surface area (Å²) in [5.41, 5.74) is 7.01. The highest BCUT2D eigenvalue weighted by molar-refractivity contribution is 5.63. The van der Waals surface area contributed by atoms with Crippen LogP contribution in [-0.4, -0.2) is 25.2 Å². The number of aromatic nitrogens is 3. The minimum Gasteiger partial charge on any atom is -0.502 e. The molecule has 1 atom stereocenters. The van der Waals surface area contributed by atoms with E-state index in [9.17, 15) is 15.2 Å². The Labute approximate surface area is 130 Å². The Balaban J connectivity index is 1.93. The maximum absolute atomic E-state index is 10.9. The maximum atomic E-state index is 10.9. The fourth-order valence-corrected chi connectivity index (χ4v) is 2.17. The van der Waals surface area contributed by atoms with E-state index in [1.54, 1.807) is 0 Å². The van der Waals surface area contributed by atoms with Crippen molar-refractivity contribution in [2.24, 2.45) is 5.73 Å². The monoisotopic (exact) mass is 311 g/mol. The molecule has 0 radical (unpaired) electrons. The lowest BCUT2D eigenvalue weighted by Crippen LogP contribution is -2.13. The van der Waals surface area contributed by atoms with Gasteiger partial charge in [-0.2, -0.15) is 5.10 Å². The van der Waals surface area contributed by atoms with E-state index in [-0.39, 0.29) is 5.82 Å². The van der Waals surface area contributed by atoms with Gasteiger partial charge in [0.15, 0.2) is 11.6 Å². The van der Waals surface area contributed by atoms with Crippen LogP contribution in [0.2, 0.25) is 0 Å². The van der Waals surface area contributed by atoms with Crippen molar-refractivity contribution in [3.05, 3.63) is 70.0 Å². The van der Waals surface area contributed by atoms with Gasteiger partial charge < -0.3 is 10.8 Å². The van der Waals surface area contributed by atoms with Gasteiger partial charge in [-0.1, -0.05) is 30.3 Å². The van der Waals surface area contributed by atoms with Gasteiger partial charge in [-0.25, -0.2) is 4.98 Å². The van der Waals surface area contributed by atoms with Crippen LogP contribution in [0.25, 0.3) is 11.4 Å². The number of phenols is 1. The van der Waals surface area contributed by atoms with Crippen LogP contribution in [0.4, 0.5) is 5.69 Å². The summed E-state index contributed by atoms with van der Waals surface area (Å²) in [5.74, 6) is 0.312. The molecule has 2 aromatic carbocycles. The van der Waals surface area contributed by atoms with Crippen molar-refractivity contribution in [2.45, 2.75) is 6.04 Å². The lowest BCUT2D eigenvalue weighted by molar-refractivity contribution is -0.385. The fraction of sp³-hybridized carbons (Fsp3) is 0.0667. The number of rotatable bonds is 4. The van der Waals surface area contributed by atoms with Crippen molar-refractivity contribution in [3.8, 4) is 17.1 Å². The average Bonchev–Trinajstić information content (AvgIpc) is 3.05. The molecule has 0 amide bonds. The number of nitrogens with two attached hydrogens (primary N) is 1. The summed E-state index contributed by atoms with van der Waals surface area (Å²) < 4.78 is 0. The number of phenolic OH excluding ortho intramolecular Hbond substituents is 1. The van der Waals surface area contributed by atoms with Crippen molar-refractivity contribution in [2.75, 3.05) is 0 Å². The number of nitro groups is 1. The third kappa shape index (κ3) is 2.87. The van der Waals surface area contributed by atoms with Crippen LogP contribution in [0, 0.1) is 10.1 Å². The zero-order chi connectivity index (χ0) is 16.4. The Kier molecular flexibility index (Phi) is 3.73. The molecule has 1 heterocycles. The van der Waals surface area contributed by atoms with Gasteiger partial charge in [0.25, 0.3) is 0 Å². The van der Waals surface area contributed by atoms with E-state index in [0.717, 1.165) is 5.56 Å². The molecule has 8 heteroatoms. The molecule has 0 aliphatic carbocycles. The van der Waals surface area contributed by atoms with Gasteiger partial charge in [-0.15, -0.1) is 0 Å². The third-order valence-corrected chi connectivity index (χ3v) is 3.39. The van der Waals surface area contributed by atoms with Crippen molar-refractivity contribution in [3.63, 3.8) is 0 Å². The SMILES string of the molecule is NC(c1ccccc1)c1nc(-c2ccc(O)c([N+](=O)[O-])c2)n[nH]1. The van der Waals surface area contributed by atoms with Crippen LogP contribution >= 0.6 is 0 Å². The van der Waals surface area contributed by atoms with Crippen LogP contribution in [0.5, 0.6) is 5.75 Å². The number of H-pyrrole nitrogens is 1. The zero-order valence-corrected chi connectivity index (χ0v) is 11.9. The Morgan fingerprint density at radius 1 is 1.22 bits per heavy atom. The Bertz CT molecular complexity index is 847. The zero-order valence-electron chi connectivity index (χ0n) is 11.9. The number of hydrogen-bond acceptors (Lipinski definition) is 6. The van der Waals surface area contributed by atoms with Gasteiger partial charge >= 0.3 is 5.69 Å². The van der Waals surface area contributed by atoms with E-state index in [2.05, 4.69) is 15.2 Å². The highest BCUT2D eigenvalue weighted by atomic mass is 16.6.